The second kappa shape index (κ2) is 16.7. The maximum absolute atomic E-state index is 11.6. The summed E-state index contributed by atoms with van der Waals surface area (Å²) in [4.78, 5) is 22.0. The van der Waals surface area contributed by atoms with Gasteiger partial charge in [-0.15, -0.1) is 0 Å². The Hall–Kier alpha value is -1.64. The van der Waals surface area contributed by atoms with Gasteiger partial charge < -0.3 is 5.11 Å². The molecule has 0 aliphatic heterocycles. The number of unbranched alkanes of at least 4 members (excludes halogenated alkanes) is 5. The quantitative estimate of drug-likeness (QED) is 0.242. The van der Waals surface area contributed by atoms with Crippen LogP contribution in [0.25, 0.3) is 0 Å². The van der Waals surface area contributed by atoms with Gasteiger partial charge in [-0.05, 0) is 38.5 Å². The molecule has 0 aromatic rings. The van der Waals surface area contributed by atoms with E-state index in [2.05, 4.69) is 13.0 Å². The minimum Gasteiger partial charge on any atom is -0.481 e. The van der Waals surface area contributed by atoms with Gasteiger partial charge in [-0.25, -0.2) is 0 Å². The van der Waals surface area contributed by atoms with E-state index in [1.54, 1.807) is 0 Å². The number of rotatable bonds is 15. The highest BCUT2D eigenvalue weighted by Crippen LogP contribution is 2.03. The number of hydrogen-bond acceptors (Lipinski definition) is 2. The average molecular weight is 320 g/mol. The molecule has 0 saturated carbocycles. The lowest BCUT2D eigenvalue weighted by molar-refractivity contribution is -0.137. The van der Waals surface area contributed by atoms with Crippen LogP contribution in [0.15, 0.2) is 36.5 Å². The summed E-state index contributed by atoms with van der Waals surface area (Å²) in [5.41, 5.74) is 0. The summed E-state index contributed by atoms with van der Waals surface area (Å²) >= 11 is 0. The van der Waals surface area contributed by atoms with E-state index in [-0.39, 0.29) is 6.42 Å². The van der Waals surface area contributed by atoms with E-state index < -0.39 is 5.97 Å². The van der Waals surface area contributed by atoms with Gasteiger partial charge >= 0.3 is 5.97 Å². The van der Waals surface area contributed by atoms with Crippen LogP contribution in [0.5, 0.6) is 0 Å². The molecule has 0 radical (unpaired) electrons. The molecule has 0 bridgehead atoms. The molecule has 0 unspecified atom stereocenters. The molecule has 3 nitrogen and oxygen atoms in total. The first-order valence-corrected chi connectivity index (χ1v) is 8.87. The molecule has 0 aromatic carbocycles. The molecule has 0 aromatic heterocycles. The third kappa shape index (κ3) is 18.3. The van der Waals surface area contributed by atoms with Gasteiger partial charge in [-0.1, -0.05) is 56.2 Å². The van der Waals surface area contributed by atoms with Crippen LogP contribution in [0.3, 0.4) is 0 Å². The maximum atomic E-state index is 11.6. The number of carbonyl (C=O) groups is 2. The summed E-state index contributed by atoms with van der Waals surface area (Å²) < 4.78 is 0. The van der Waals surface area contributed by atoms with Crippen molar-refractivity contribution in [2.45, 2.75) is 77.6 Å². The fraction of sp³-hybridized carbons (Fsp3) is 0.600. The number of hydrogen-bond donors (Lipinski definition) is 1. The highest BCUT2D eigenvalue weighted by molar-refractivity contribution is 5.79. The summed E-state index contributed by atoms with van der Waals surface area (Å²) in [6.45, 7) is 2.19. The van der Waals surface area contributed by atoms with Gasteiger partial charge in [-0.2, -0.15) is 0 Å². The molecule has 0 spiro atoms. The number of carbonyl (C=O) groups excluding carboxylic acids is 1. The van der Waals surface area contributed by atoms with E-state index in [4.69, 9.17) is 5.11 Å². The lowest BCUT2D eigenvalue weighted by Crippen LogP contribution is -1.93. The highest BCUT2D eigenvalue weighted by atomic mass is 16.4. The Bertz CT molecular complexity index is 392. The van der Waals surface area contributed by atoms with Crippen LogP contribution in [0, 0.1) is 0 Å². The van der Waals surface area contributed by atoms with Gasteiger partial charge in [0.1, 0.15) is 5.78 Å². The second-order valence-electron chi connectivity index (χ2n) is 5.74. The van der Waals surface area contributed by atoms with Crippen molar-refractivity contribution in [2.24, 2.45) is 0 Å². The fourth-order valence-electron chi connectivity index (χ4n) is 2.08. The Kier molecular flexibility index (Phi) is 15.5. The van der Waals surface area contributed by atoms with E-state index >= 15 is 0 Å². The number of ketones is 1. The average Bonchev–Trinajstić information content (AvgIpc) is 2.52. The number of carboxylic acid groups (broad SMARTS) is 1. The molecule has 1 N–H and O–H groups in total. The Morgan fingerprint density at radius 3 is 2.13 bits per heavy atom. The molecule has 0 amide bonds. The van der Waals surface area contributed by atoms with E-state index in [1.807, 2.05) is 30.4 Å². The maximum Gasteiger partial charge on any atom is 0.303 e. The third-order valence-corrected chi connectivity index (χ3v) is 3.47. The third-order valence-electron chi connectivity index (χ3n) is 3.47. The molecule has 0 rings (SSSR count). The van der Waals surface area contributed by atoms with Gasteiger partial charge in [0.15, 0.2) is 0 Å². The van der Waals surface area contributed by atoms with Gasteiger partial charge in [0.2, 0.25) is 0 Å². The number of Topliss-reactive ketones (excluding diaryl/α,β-unsaturated/α-hetero) is 1. The van der Waals surface area contributed by atoms with E-state index in [1.165, 1.54) is 19.3 Å². The Morgan fingerprint density at radius 2 is 1.43 bits per heavy atom. The van der Waals surface area contributed by atoms with E-state index in [0.29, 0.717) is 18.6 Å². The van der Waals surface area contributed by atoms with Crippen molar-refractivity contribution in [2.75, 3.05) is 0 Å². The zero-order valence-electron chi connectivity index (χ0n) is 14.5. The van der Waals surface area contributed by atoms with Crippen LogP contribution >= 0.6 is 0 Å². The van der Waals surface area contributed by atoms with Crippen LogP contribution in [-0.2, 0) is 9.59 Å². The van der Waals surface area contributed by atoms with Crippen LogP contribution in [0.2, 0.25) is 0 Å². The molecule has 3 heteroatoms. The summed E-state index contributed by atoms with van der Waals surface area (Å²) in [6, 6.07) is 0. The summed E-state index contributed by atoms with van der Waals surface area (Å²) in [7, 11) is 0. The second-order valence-corrected chi connectivity index (χ2v) is 5.74. The Balaban J connectivity index is 3.50. The lowest BCUT2D eigenvalue weighted by atomic mass is 10.1. The number of carboxylic acids is 1. The van der Waals surface area contributed by atoms with Crippen molar-refractivity contribution in [3.63, 3.8) is 0 Å². The molecule has 0 fully saturated rings. The topological polar surface area (TPSA) is 54.4 Å². The molecule has 0 atom stereocenters. The molecule has 0 aliphatic carbocycles. The predicted molar refractivity (Wildman–Crippen MR) is 96.5 cm³/mol. The van der Waals surface area contributed by atoms with Crippen molar-refractivity contribution in [1.82, 2.24) is 0 Å². The van der Waals surface area contributed by atoms with Gasteiger partial charge in [0.05, 0.1) is 0 Å². The lowest BCUT2D eigenvalue weighted by Gasteiger charge is -1.94. The van der Waals surface area contributed by atoms with Gasteiger partial charge in [0, 0.05) is 19.3 Å². The predicted octanol–water partition coefficient (Wildman–Crippen LogP) is 5.62. The van der Waals surface area contributed by atoms with Crippen LogP contribution in [-0.4, -0.2) is 16.9 Å². The molecule has 0 saturated heterocycles. The van der Waals surface area contributed by atoms with E-state index in [9.17, 15) is 9.59 Å². The van der Waals surface area contributed by atoms with Crippen molar-refractivity contribution < 1.29 is 14.7 Å². The minimum absolute atomic E-state index is 0.249. The monoisotopic (exact) mass is 320 g/mol. The number of aliphatic carboxylic acids is 1. The summed E-state index contributed by atoms with van der Waals surface area (Å²) in [5.74, 6) is -0.437. The SMILES string of the molecule is CCCCC/C=C/CC(=O)CC/C=C/C=C/CCCCC(=O)O. The highest BCUT2D eigenvalue weighted by Gasteiger charge is 1.96. The Labute approximate surface area is 141 Å². The minimum atomic E-state index is -0.727. The summed E-state index contributed by atoms with van der Waals surface area (Å²) in [5, 5.41) is 8.50. The smallest absolute Gasteiger partial charge is 0.303 e. The molecular formula is C20H32O3. The molecule has 23 heavy (non-hydrogen) atoms. The van der Waals surface area contributed by atoms with Crippen LogP contribution in [0.1, 0.15) is 77.6 Å². The largest absolute Gasteiger partial charge is 0.481 e. The zero-order valence-corrected chi connectivity index (χ0v) is 14.5. The van der Waals surface area contributed by atoms with Crippen LogP contribution in [0.4, 0.5) is 0 Å². The first-order chi connectivity index (χ1) is 11.2. The molecule has 0 heterocycles. The van der Waals surface area contributed by atoms with Crippen molar-refractivity contribution >= 4 is 11.8 Å². The molecule has 130 valence electrons. The normalized spacial score (nSPS) is 11.9. The summed E-state index contributed by atoms with van der Waals surface area (Å²) in [6.07, 6.45) is 21.6. The fourth-order valence-corrected chi connectivity index (χ4v) is 2.08. The van der Waals surface area contributed by atoms with Gasteiger partial charge in [-0.3, -0.25) is 9.59 Å². The van der Waals surface area contributed by atoms with Gasteiger partial charge in [0.25, 0.3) is 0 Å². The Morgan fingerprint density at radius 1 is 0.783 bits per heavy atom. The standard InChI is InChI=1S/C20H32O3/c1-2-3-4-5-10-13-16-19(21)17-14-11-8-6-7-9-12-15-18-20(22)23/h6-8,10-11,13H,2-5,9,12,14-18H2,1H3,(H,22,23)/b7-6+,11-8+,13-10+. The molecular weight excluding hydrogens is 288 g/mol. The van der Waals surface area contributed by atoms with Crippen molar-refractivity contribution in [1.29, 1.82) is 0 Å². The molecule has 0 aliphatic rings. The van der Waals surface area contributed by atoms with Crippen LogP contribution < -0.4 is 0 Å². The van der Waals surface area contributed by atoms with Crippen molar-refractivity contribution in [3.05, 3.63) is 36.5 Å². The van der Waals surface area contributed by atoms with E-state index in [0.717, 1.165) is 32.1 Å². The first-order valence-electron chi connectivity index (χ1n) is 8.87. The van der Waals surface area contributed by atoms with Crippen molar-refractivity contribution in [3.8, 4) is 0 Å². The first kappa shape index (κ1) is 21.4. The number of allylic oxidation sites excluding steroid dienone is 6. The zero-order chi connectivity index (χ0) is 17.2.